The fourth-order valence-corrected chi connectivity index (χ4v) is 4.18. The van der Waals surface area contributed by atoms with Gasteiger partial charge in [-0.1, -0.05) is 0 Å². The van der Waals surface area contributed by atoms with Crippen LogP contribution in [0.5, 0.6) is 5.75 Å². The second kappa shape index (κ2) is 8.29. The minimum atomic E-state index is -4.85. The van der Waals surface area contributed by atoms with Crippen molar-refractivity contribution >= 4 is 22.0 Å². The summed E-state index contributed by atoms with van der Waals surface area (Å²) in [7, 11) is -3.89. The molecule has 0 aliphatic carbocycles. The van der Waals surface area contributed by atoms with E-state index < -0.39 is 22.1 Å². The molecule has 0 spiro atoms. The van der Waals surface area contributed by atoms with Crippen LogP contribution >= 0.6 is 0 Å². The molecule has 0 saturated carbocycles. The van der Waals surface area contributed by atoms with Gasteiger partial charge < -0.3 is 14.1 Å². The van der Waals surface area contributed by atoms with E-state index in [1.54, 1.807) is 12.1 Å². The molecular formula is C18H17F3N2O5S. The lowest BCUT2D eigenvalue weighted by molar-refractivity contribution is -0.274. The van der Waals surface area contributed by atoms with Crippen molar-refractivity contribution in [3.05, 3.63) is 54.5 Å². The number of sulfonamides is 1. The van der Waals surface area contributed by atoms with Crippen LogP contribution in [0.2, 0.25) is 0 Å². The SMILES string of the molecule is O=C(/C=C/c1ccco1)N1CCN(S(=O)(=O)c2ccc(OC(F)(F)F)cc2)CC1. The predicted octanol–water partition coefficient (Wildman–Crippen LogP) is 2.72. The number of ether oxygens (including phenoxy) is 1. The third-order valence-electron chi connectivity index (χ3n) is 4.18. The summed E-state index contributed by atoms with van der Waals surface area (Å²) in [6.45, 7) is 0.526. The summed E-state index contributed by atoms with van der Waals surface area (Å²) in [5.41, 5.74) is 0. The lowest BCUT2D eigenvalue weighted by Gasteiger charge is -2.33. The number of hydrogen-bond donors (Lipinski definition) is 0. The summed E-state index contributed by atoms with van der Waals surface area (Å²) < 4.78 is 72.0. The fourth-order valence-electron chi connectivity index (χ4n) is 2.76. The van der Waals surface area contributed by atoms with Crippen molar-refractivity contribution in [1.82, 2.24) is 9.21 Å². The van der Waals surface area contributed by atoms with E-state index in [1.807, 2.05) is 0 Å². The highest BCUT2D eigenvalue weighted by molar-refractivity contribution is 7.89. The smallest absolute Gasteiger partial charge is 0.465 e. The predicted molar refractivity (Wildman–Crippen MR) is 96.2 cm³/mol. The normalized spacial score (nSPS) is 16.3. The van der Waals surface area contributed by atoms with Gasteiger partial charge in [-0.2, -0.15) is 4.31 Å². The van der Waals surface area contributed by atoms with E-state index in [9.17, 15) is 26.4 Å². The molecule has 2 heterocycles. The van der Waals surface area contributed by atoms with Gasteiger partial charge in [0.15, 0.2) is 0 Å². The molecule has 0 unspecified atom stereocenters. The van der Waals surface area contributed by atoms with Crippen LogP contribution in [0.4, 0.5) is 13.2 Å². The number of rotatable bonds is 5. The molecular weight excluding hydrogens is 413 g/mol. The molecule has 29 heavy (non-hydrogen) atoms. The molecule has 1 aromatic heterocycles. The molecule has 1 saturated heterocycles. The Morgan fingerprint density at radius 2 is 1.72 bits per heavy atom. The third kappa shape index (κ3) is 5.39. The molecule has 1 aliphatic rings. The minimum Gasteiger partial charge on any atom is -0.465 e. The average molecular weight is 430 g/mol. The van der Waals surface area contributed by atoms with E-state index in [0.29, 0.717) is 5.76 Å². The van der Waals surface area contributed by atoms with Crippen molar-refractivity contribution < 1.29 is 35.5 Å². The molecule has 0 radical (unpaired) electrons. The van der Waals surface area contributed by atoms with Crippen molar-refractivity contribution in [2.45, 2.75) is 11.3 Å². The van der Waals surface area contributed by atoms with Crippen molar-refractivity contribution in [3.8, 4) is 5.75 Å². The highest BCUT2D eigenvalue weighted by Gasteiger charge is 2.32. The summed E-state index contributed by atoms with van der Waals surface area (Å²) in [4.78, 5) is 13.6. The fraction of sp³-hybridized carbons (Fsp3) is 0.278. The Morgan fingerprint density at radius 3 is 2.28 bits per heavy atom. The summed E-state index contributed by atoms with van der Waals surface area (Å²) >= 11 is 0. The first kappa shape index (κ1) is 20.9. The van der Waals surface area contributed by atoms with Gasteiger partial charge in [0.1, 0.15) is 11.5 Å². The maximum Gasteiger partial charge on any atom is 0.573 e. The minimum absolute atomic E-state index is 0.0729. The van der Waals surface area contributed by atoms with Gasteiger partial charge in [0.2, 0.25) is 15.9 Å². The molecule has 11 heteroatoms. The van der Waals surface area contributed by atoms with Crippen LogP contribution in [0.1, 0.15) is 5.76 Å². The topological polar surface area (TPSA) is 80.1 Å². The van der Waals surface area contributed by atoms with Gasteiger partial charge >= 0.3 is 6.36 Å². The van der Waals surface area contributed by atoms with Crippen LogP contribution in [-0.4, -0.2) is 56.1 Å². The van der Waals surface area contributed by atoms with E-state index in [1.165, 1.54) is 27.6 Å². The van der Waals surface area contributed by atoms with Crippen LogP contribution in [0.25, 0.3) is 6.08 Å². The Morgan fingerprint density at radius 1 is 1.07 bits per heavy atom. The number of amides is 1. The van der Waals surface area contributed by atoms with Gasteiger partial charge in [0.05, 0.1) is 11.2 Å². The number of piperazine rings is 1. The summed E-state index contributed by atoms with van der Waals surface area (Å²) in [6, 6.07) is 7.38. The van der Waals surface area contributed by atoms with Crippen LogP contribution in [0, 0.1) is 0 Å². The highest BCUT2D eigenvalue weighted by Crippen LogP contribution is 2.25. The highest BCUT2D eigenvalue weighted by atomic mass is 32.2. The lowest BCUT2D eigenvalue weighted by atomic mass is 10.3. The second-order valence-corrected chi connectivity index (χ2v) is 8.04. The molecule has 1 aliphatic heterocycles. The van der Waals surface area contributed by atoms with Gasteiger partial charge in [-0.3, -0.25) is 4.79 Å². The summed E-state index contributed by atoms with van der Waals surface area (Å²) in [6.07, 6.45) is -0.497. The molecule has 0 atom stereocenters. The zero-order valence-electron chi connectivity index (χ0n) is 15.0. The van der Waals surface area contributed by atoms with Crippen LogP contribution < -0.4 is 4.74 Å². The van der Waals surface area contributed by atoms with E-state index in [-0.39, 0.29) is 37.0 Å². The lowest BCUT2D eigenvalue weighted by Crippen LogP contribution is -2.50. The van der Waals surface area contributed by atoms with Gasteiger partial charge in [0, 0.05) is 32.3 Å². The molecule has 156 valence electrons. The summed E-state index contributed by atoms with van der Waals surface area (Å²) in [5.74, 6) is -0.250. The van der Waals surface area contributed by atoms with Gasteiger partial charge in [-0.15, -0.1) is 13.2 Å². The number of hydrogen-bond acceptors (Lipinski definition) is 5. The molecule has 3 rings (SSSR count). The van der Waals surface area contributed by atoms with Crippen molar-refractivity contribution in [2.75, 3.05) is 26.2 Å². The largest absolute Gasteiger partial charge is 0.573 e. The van der Waals surface area contributed by atoms with Crippen LogP contribution in [0.3, 0.4) is 0 Å². The number of halogens is 3. The van der Waals surface area contributed by atoms with E-state index in [0.717, 1.165) is 24.3 Å². The first-order valence-electron chi connectivity index (χ1n) is 8.52. The number of alkyl halides is 3. The Kier molecular flexibility index (Phi) is 5.99. The number of furan rings is 1. The average Bonchev–Trinajstić information content (AvgIpc) is 3.19. The Labute approximate surface area is 165 Å². The number of carbonyl (C=O) groups is 1. The molecule has 0 bridgehead atoms. The maximum absolute atomic E-state index is 12.7. The third-order valence-corrected chi connectivity index (χ3v) is 6.09. The first-order chi connectivity index (χ1) is 13.6. The Hall–Kier alpha value is -2.79. The van der Waals surface area contributed by atoms with E-state index in [4.69, 9.17) is 4.42 Å². The molecule has 0 N–H and O–H groups in total. The Bertz CT molecular complexity index is 962. The van der Waals surface area contributed by atoms with Crippen LogP contribution in [0.15, 0.2) is 58.1 Å². The molecule has 1 fully saturated rings. The van der Waals surface area contributed by atoms with Gasteiger partial charge in [-0.25, -0.2) is 8.42 Å². The second-order valence-electron chi connectivity index (χ2n) is 6.10. The zero-order chi connectivity index (χ0) is 21.1. The van der Waals surface area contributed by atoms with E-state index in [2.05, 4.69) is 4.74 Å². The van der Waals surface area contributed by atoms with Crippen molar-refractivity contribution in [3.63, 3.8) is 0 Å². The van der Waals surface area contributed by atoms with Crippen LogP contribution in [-0.2, 0) is 14.8 Å². The molecule has 7 nitrogen and oxygen atoms in total. The van der Waals surface area contributed by atoms with E-state index >= 15 is 0 Å². The number of benzene rings is 1. The Balaban J connectivity index is 1.60. The maximum atomic E-state index is 12.7. The molecule has 1 aromatic carbocycles. The first-order valence-corrected chi connectivity index (χ1v) is 9.96. The monoisotopic (exact) mass is 430 g/mol. The van der Waals surface area contributed by atoms with Gasteiger partial charge in [0.25, 0.3) is 0 Å². The number of nitrogens with zero attached hydrogens (tertiary/aromatic N) is 2. The number of carbonyl (C=O) groups excluding carboxylic acids is 1. The standard InChI is InChI=1S/C18H17F3N2O5S/c19-18(20,21)28-15-3-6-16(7-4-15)29(25,26)23-11-9-22(10-12-23)17(24)8-5-14-2-1-13-27-14/h1-8,13H,9-12H2/b8-5+. The summed E-state index contributed by atoms with van der Waals surface area (Å²) in [5, 5.41) is 0. The molecule has 1 amide bonds. The van der Waals surface area contributed by atoms with Crippen molar-refractivity contribution in [1.29, 1.82) is 0 Å². The van der Waals surface area contributed by atoms with Gasteiger partial charge in [-0.05, 0) is 42.5 Å². The zero-order valence-corrected chi connectivity index (χ0v) is 15.8. The molecule has 2 aromatic rings. The quantitative estimate of drug-likeness (QED) is 0.682. The van der Waals surface area contributed by atoms with Crippen molar-refractivity contribution in [2.24, 2.45) is 0 Å².